The molecule has 0 aromatic heterocycles. The lowest BCUT2D eigenvalue weighted by molar-refractivity contribution is -0.122. The maximum atomic E-state index is 12.4. The van der Waals surface area contributed by atoms with E-state index in [4.69, 9.17) is 4.74 Å². The first kappa shape index (κ1) is 26.9. The van der Waals surface area contributed by atoms with Gasteiger partial charge in [0.15, 0.2) is 0 Å². The van der Waals surface area contributed by atoms with Crippen LogP contribution in [-0.2, 0) is 16.0 Å². The monoisotopic (exact) mass is 508 g/mol. The Morgan fingerprint density at radius 3 is 2.37 bits per heavy atom. The molecule has 0 bridgehead atoms. The molecule has 1 atom stereocenters. The Morgan fingerprint density at radius 1 is 0.868 bits per heavy atom. The van der Waals surface area contributed by atoms with Gasteiger partial charge < -0.3 is 4.74 Å². The number of ketones is 1. The van der Waals surface area contributed by atoms with E-state index in [2.05, 4.69) is 73.7 Å². The summed E-state index contributed by atoms with van der Waals surface area (Å²) in [4.78, 5) is 12.4. The molecule has 0 radical (unpaired) electrons. The zero-order valence-electron chi connectivity index (χ0n) is 23.2. The van der Waals surface area contributed by atoms with Gasteiger partial charge in [0.1, 0.15) is 5.78 Å². The van der Waals surface area contributed by atoms with Crippen LogP contribution in [0.2, 0.25) is 0 Å². The Bertz CT molecular complexity index is 1160. The highest BCUT2D eigenvalue weighted by molar-refractivity contribution is 5.81. The molecule has 1 unspecified atom stereocenters. The SMILES string of the molecule is CC1=C(Cc2ccc(-c3ccc(C4CCOCC4)cc3)cc2)C=CCC=C1CCCC1CCCCCC1=O. The molecule has 1 heterocycles. The van der Waals surface area contributed by atoms with Gasteiger partial charge >= 0.3 is 0 Å². The predicted molar refractivity (Wildman–Crippen MR) is 158 cm³/mol. The second kappa shape index (κ2) is 13.4. The quantitative estimate of drug-likeness (QED) is 0.332. The maximum Gasteiger partial charge on any atom is 0.135 e. The lowest BCUT2D eigenvalue weighted by atomic mass is 9.89. The van der Waals surface area contributed by atoms with Crippen LogP contribution in [0.15, 0.2) is 83.5 Å². The number of ether oxygens (including phenoxy) is 1. The van der Waals surface area contributed by atoms with E-state index >= 15 is 0 Å². The van der Waals surface area contributed by atoms with Gasteiger partial charge in [0, 0.05) is 25.6 Å². The molecule has 0 amide bonds. The molecular formula is C36H44O2. The van der Waals surface area contributed by atoms with Crippen molar-refractivity contribution in [2.45, 2.75) is 89.9 Å². The van der Waals surface area contributed by atoms with Crippen molar-refractivity contribution in [3.8, 4) is 11.1 Å². The predicted octanol–water partition coefficient (Wildman–Crippen LogP) is 9.31. The van der Waals surface area contributed by atoms with Gasteiger partial charge in [0.05, 0.1) is 0 Å². The number of hydrogen-bond acceptors (Lipinski definition) is 2. The van der Waals surface area contributed by atoms with Crippen LogP contribution in [0, 0.1) is 5.92 Å². The highest BCUT2D eigenvalue weighted by atomic mass is 16.5. The summed E-state index contributed by atoms with van der Waals surface area (Å²) >= 11 is 0. The summed E-state index contributed by atoms with van der Waals surface area (Å²) in [5.41, 5.74) is 9.70. The minimum Gasteiger partial charge on any atom is -0.381 e. The minimum absolute atomic E-state index is 0.308. The average Bonchev–Trinajstić information content (AvgIpc) is 3.27. The van der Waals surface area contributed by atoms with E-state index < -0.39 is 0 Å². The van der Waals surface area contributed by atoms with Gasteiger partial charge in [-0.1, -0.05) is 79.6 Å². The summed E-state index contributed by atoms with van der Waals surface area (Å²) < 4.78 is 5.52. The fourth-order valence-corrected chi connectivity index (χ4v) is 6.48. The molecule has 2 aromatic carbocycles. The molecule has 38 heavy (non-hydrogen) atoms. The van der Waals surface area contributed by atoms with Crippen LogP contribution in [0.4, 0.5) is 0 Å². The molecule has 200 valence electrons. The molecule has 2 heteroatoms. The highest BCUT2D eigenvalue weighted by Gasteiger charge is 2.20. The molecule has 0 N–H and O–H groups in total. The third-order valence-electron chi connectivity index (χ3n) is 9.00. The molecule has 2 fully saturated rings. The lowest BCUT2D eigenvalue weighted by Gasteiger charge is -2.22. The van der Waals surface area contributed by atoms with E-state index in [0.29, 0.717) is 17.6 Å². The third-order valence-corrected chi connectivity index (χ3v) is 9.00. The summed E-state index contributed by atoms with van der Waals surface area (Å²) in [7, 11) is 0. The first-order chi connectivity index (χ1) is 18.7. The Balaban J connectivity index is 1.19. The van der Waals surface area contributed by atoms with E-state index in [0.717, 1.165) is 77.4 Å². The van der Waals surface area contributed by atoms with E-state index in [1.165, 1.54) is 51.8 Å². The Morgan fingerprint density at radius 2 is 1.61 bits per heavy atom. The lowest BCUT2D eigenvalue weighted by Crippen LogP contribution is -2.13. The van der Waals surface area contributed by atoms with Crippen LogP contribution >= 0.6 is 0 Å². The average molecular weight is 509 g/mol. The molecule has 1 aliphatic heterocycles. The van der Waals surface area contributed by atoms with E-state index in [1.807, 2.05) is 0 Å². The fraction of sp³-hybridized carbons (Fsp3) is 0.472. The fourth-order valence-electron chi connectivity index (χ4n) is 6.48. The van der Waals surface area contributed by atoms with E-state index in [1.54, 1.807) is 0 Å². The molecule has 1 saturated heterocycles. The topological polar surface area (TPSA) is 26.3 Å². The molecule has 0 spiro atoms. The highest BCUT2D eigenvalue weighted by Crippen LogP contribution is 2.31. The standard InChI is InChI=1S/C36H44O2/c1-27-29(11-7-12-34-9-3-2-4-13-36(34)37)8-5-6-10-35(27)26-28-14-16-30(17-15-28)31-18-20-32(21-19-31)33-22-24-38-25-23-33/h6,8,10,14-21,33-34H,2-5,7,9,11-13,22-26H2,1H3. The van der Waals surface area contributed by atoms with Crippen LogP contribution in [0.1, 0.15) is 94.6 Å². The molecular weight excluding hydrogens is 464 g/mol. The van der Waals surface area contributed by atoms with Crippen molar-refractivity contribution < 1.29 is 9.53 Å². The van der Waals surface area contributed by atoms with Crippen molar-refractivity contribution in [2.75, 3.05) is 13.2 Å². The molecule has 5 rings (SSSR count). The van der Waals surface area contributed by atoms with Gasteiger partial charge in [-0.05, 0) is 110 Å². The van der Waals surface area contributed by atoms with Gasteiger partial charge in [0.2, 0.25) is 0 Å². The van der Waals surface area contributed by atoms with Crippen LogP contribution < -0.4 is 0 Å². The normalized spacial score (nSPS) is 21.2. The third kappa shape index (κ3) is 7.03. The molecule has 2 aliphatic carbocycles. The Kier molecular flexibility index (Phi) is 9.47. The number of Topliss-reactive ketones (excluding diaryl/α,β-unsaturated/α-hetero) is 1. The number of carbonyl (C=O) groups is 1. The summed E-state index contributed by atoms with van der Waals surface area (Å²) in [6.45, 7) is 4.07. The van der Waals surface area contributed by atoms with Gasteiger partial charge in [-0.3, -0.25) is 4.79 Å². The maximum absolute atomic E-state index is 12.4. The second-order valence-electron chi connectivity index (χ2n) is 11.6. The number of hydrogen-bond donors (Lipinski definition) is 0. The van der Waals surface area contributed by atoms with Crippen molar-refractivity contribution >= 4 is 5.78 Å². The number of benzene rings is 2. The summed E-state index contributed by atoms with van der Waals surface area (Å²) in [5.74, 6) is 1.47. The first-order valence-corrected chi connectivity index (χ1v) is 15.0. The number of allylic oxidation sites excluding steroid dienone is 6. The van der Waals surface area contributed by atoms with Crippen molar-refractivity contribution in [2.24, 2.45) is 5.92 Å². The zero-order valence-corrected chi connectivity index (χ0v) is 23.2. The second-order valence-corrected chi connectivity index (χ2v) is 11.6. The number of carbonyl (C=O) groups excluding carboxylic acids is 1. The van der Waals surface area contributed by atoms with Gasteiger partial charge in [-0.2, -0.15) is 0 Å². The van der Waals surface area contributed by atoms with Crippen molar-refractivity contribution in [3.05, 3.63) is 94.6 Å². The van der Waals surface area contributed by atoms with Crippen LogP contribution in [0.5, 0.6) is 0 Å². The molecule has 2 nitrogen and oxygen atoms in total. The van der Waals surface area contributed by atoms with Crippen molar-refractivity contribution in [3.63, 3.8) is 0 Å². The minimum atomic E-state index is 0.308. The Labute approximate surface area is 229 Å². The van der Waals surface area contributed by atoms with Gasteiger partial charge in [0.25, 0.3) is 0 Å². The summed E-state index contributed by atoms with van der Waals surface area (Å²) in [5, 5.41) is 0. The molecule has 1 saturated carbocycles. The van der Waals surface area contributed by atoms with Crippen molar-refractivity contribution in [1.82, 2.24) is 0 Å². The largest absolute Gasteiger partial charge is 0.381 e. The Hall–Kier alpha value is -2.71. The van der Waals surface area contributed by atoms with Gasteiger partial charge in [-0.15, -0.1) is 0 Å². The molecule has 3 aliphatic rings. The molecule has 2 aromatic rings. The summed E-state index contributed by atoms with van der Waals surface area (Å²) in [6.07, 6.45) is 20.0. The van der Waals surface area contributed by atoms with Crippen molar-refractivity contribution in [1.29, 1.82) is 0 Å². The van der Waals surface area contributed by atoms with Gasteiger partial charge in [-0.25, -0.2) is 0 Å². The van der Waals surface area contributed by atoms with Crippen LogP contribution in [-0.4, -0.2) is 19.0 Å². The number of rotatable bonds is 8. The van der Waals surface area contributed by atoms with E-state index in [-0.39, 0.29) is 0 Å². The first-order valence-electron chi connectivity index (χ1n) is 15.0. The summed E-state index contributed by atoms with van der Waals surface area (Å²) in [6, 6.07) is 18.3. The van der Waals surface area contributed by atoms with Crippen LogP contribution in [0.25, 0.3) is 11.1 Å². The van der Waals surface area contributed by atoms with Crippen LogP contribution in [0.3, 0.4) is 0 Å². The van der Waals surface area contributed by atoms with E-state index in [9.17, 15) is 4.79 Å². The zero-order chi connectivity index (χ0) is 26.2. The smallest absolute Gasteiger partial charge is 0.135 e.